The zero-order valence-electron chi connectivity index (χ0n) is 24.5. The number of benzene rings is 2. The molecule has 216 valence electrons. The van der Waals surface area contributed by atoms with E-state index >= 15 is 0 Å². The molecule has 8 nitrogen and oxygen atoms in total. The molecule has 10 heteroatoms. The number of hydrogen-bond donors (Lipinski definition) is 0. The van der Waals surface area contributed by atoms with Gasteiger partial charge in [-0.25, -0.2) is 14.3 Å². The molecule has 6 rings (SSSR count). The molecule has 1 unspecified atom stereocenters. The van der Waals surface area contributed by atoms with Crippen LogP contribution < -0.4 is 5.56 Å². The van der Waals surface area contributed by atoms with Crippen LogP contribution in [0.25, 0.3) is 21.3 Å². The molecule has 4 heterocycles. The summed E-state index contributed by atoms with van der Waals surface area (Å²) >= 11 is 1.62. The van der Waals surface area contributed by atoms with Crippen molar-refractivity contribution in [2.75, 3.05) is 6.61 Å². The van der Waals surface area contributed by atoms with Crippen molar-refractivity contribution in [3.63, 3.8) is 0 Å². The molecule has 0 aliphatic carbocycles. The van der Waals surface area contributed by atoms with Gasteiger partial charge in [0.15, 0.2) is 5.65 Å². The lowest BCUT2D eigenvalue weighted by molar-refractivity contribution is 0.0783. The number of rotatable bonds is 11. The van der Waals surface area contributed by atoms with E-state index in [0.717, 1.165) is 50.2 Å². The summed E-state index contributed by atoms with van der Waals surface area (Å²) in [6.07, 6.45) is 3.80. The Hall–Kier alpha value is -3.86. The molecule has 0 bridgehead atoms. The standard InChI is InChI=1S/C32H36N6O2SSi/c1-5-37-28-25(20-33-38(32(28)39)21-23-12-8-6-9-13-23)29-30(37)34-31(41-29)27(24-14-10-7-11-15-24)26-16-17-36(35-26)22-40-18-19-42(2,3)4/h6-17,20,27H,5,18-19,21-22H2,1-4H3. The number of fused-ring (bicyclic) bond motifs is 3. The smallest absolute Gasteiger partial charge is 0.291 e. The summed E-state index contributed by atoms with van der Waals surface area (Å²) in [4.78, 5) is 18.8. The highest BCUT2D eigenvalue weighted by Crippen LogP contribution is 2.39. The van der Waals surface area contributed by atoms with E-state index in [1.165, 1.54) is 0 Å². The van der Waals surface area contributed by atoms with Crippen LogP contribution in [-0.2, 0) is 24.6 Å². The predicted molar refractivity (Wildman–Crippen MR) is 172 cm³/mol. The zero-order valence-corrected chi connectivity index (χ0v) is 26.3. The van der Waals surface area contributed by atoms with Gasteiger partial charge in [-0.1, -0.05) is 80.3 Å². The first kappa shape index (κ1) is 28.3. The van der Waals surface area contributed by atoms with E-state index in [9.17, 15) is 4.79 Å². The van der Waals surface area contributed by atoms with Crippen molar-refractivity contribution in [3.8, 4) is 0 Å². The van der Waals surface area contributed by atoms with E-state index in [1.54, 1.807) is 16.0 Å². The molecule has 0 N–H and O–H groups in total. The van der Waals surface area contributed by atoms with E-state index in [-0.39, 0.29) is 11.5 Å². The Balaban J connectivity index is 1.37. The maximum absolute atomic E-state index is 13.6. The normalized spacial score (nSPS) is 12.9. The van der Waals surface area contributed by atoms with Crippen LogP contribution in [0.3, 0.4) is 0 Å². The average molecular weight is 597 g/mol. The van der Waals surface area contributed by atoms with Crippen molar-refractivity contribution < 1.29 is 4.74 Å². The van der Waals surface area contributed by atoms with Gasteiger partial charge in [-0.3, -0.25) is 4.79 Å². The second kappa shape index (κ2) is 11.8. The highest BCUT2D eigenvalue weighted by atomic mass is 32.1. The first-order valence-corrected chi connectivity index (χ1v) is 18.9. The lowest BCUT2D eigenvalue weighted by Crippen LogP contribution is -2.24. The number of aryl methyl sites for hydroxylation is 1. The molecule has 1 atom stereocenters. The Morgan fingerprint density at radius 2 is 1.74 bits per heavy atom. The molecular formula is C32H36N6O2SSi. The highest BCUT2D eigenvalue weighted by Gasteiger charge is 2.27. The first-order chi connectivity index (χ1) is 20.3. The molecule has 0 aliphatic rings. The highest BCUT2D eigenvalue weighted by molar-refractivity contribution is 7.19. The molecular weight excluding hydrogens is 561 g/mol. The Kier molecular flexibility index (Phi) is 7.93. The fourth-order valence-corrected chi connectivity index (χ4v) is 7.20. The van der Waals surface area contributed by atoms with Crippen molar-refractivity contribution in [3.05, 3.63) is 111 Å². The fraction of sp³-hybridized carbons (Fsp3) is 0.312. The monoisotopic (exact) mass is 596 g/mol. The Morgan fingerprint density at radius 3 is 2.45 bits per heavy atom. The van der Waals surface area contributed by atoms with Crippen LogP contribution >= 0.6 is 11.3 Å². The first-order valence-electron chi connectivity index (χ1n) is 14.4. The van der Waals surface area contributed by atoms with Crippen molar-refractivity contribution in [2.24, 2.45) is 0 Å². The quantitative estimate of drug-likeness (QED) is 0.125. The number of aromatic nitrogens is 6. The second-order valence-corrected chi connectivity index (χ2v) is 18.4. The zero-order chi connectivity index (χ0) is 29.3. The van der Waals surface area contributed by atoms with Gasteiger partial charge in [-0.2, -0.15) is 10.2 Å². The van der Waals surface area contributed by atoms with Crippen LogP contribution in [0.5, 0.6) is 0 Å². The maximum Gasteiger partial charge on any atom is 0.291 e. The van der Waals surface area contributed by atoms with Gasteiger partial charge in [-0.15, -0.1) is 11.3 Å². The third-order valence-electron chi connectivity index (χ3n) is 7.46. The molecule has 0 radical (unpaired) electrons. The predicted octanol–water partition coefficient (Wildman–Crippen LogP) is 6.56. The molecule has 0 amide bonds. The van der Waals surface area contributed by atoms with Crippen molar-refractivity contribution in [1.29, 1.82) is 0 Å². The van der Waals surface area contributed by atoms with E-state index in [1.807, 2.05) is 70.2 Å². The van der Waals surface area contributed by atoms with Crippen molar-refractivity contribution >= 4 is 40.7 Å². The SMILES string of the molecule is CCn1c2nc(C(c3ccccc3)c3ccn(COCC[Si](C)(C)C)n3)sc2c2cnn(Cc3ccccc3)c(=O)c21. The van der Waals surface area contributed by atoms with E-state index in [4.69, 9.17) is 14.8 Å². The Morgan fingerprint density at radius 1 is 1.00 bits per heavy atom. The number of ether oxygens (including phenoxy) is 1. The maximum atomic E-state index is 13.6. The van der Waals surface area contributed by atoms with Crippen LogP contribution in [0.2, 0.25) is 25.7 Å². The number of nitrogens with zero attached hydrogens (tertiary/aromatic N) is 6. The Labute approximate surface area is 250 Å². The second-order valence-electron chi connectivity index (χ2n) is 11.8. The third-order valence-corrected chi connectivity index (χ3v) is 10.3. The van der Waals surface area contributed by atoms with Gasteiger partial charge < -0.3 is 9.30 Å². The number of hydrogen-bond acceptors (Lipinski definition) is 6. The molecule has 4 aromatic heterocycles. The van der Waals surface area contributed by atoms with Gasteiger partial charge in [0.2, 0.25) is 0 Å². The fourth-order valence-electron chi connectivity index (χ4n) is 5.22. The summed E-state index contributed by atoms with van der Waals surface area (Å²) in [6, 6.07) is 23.5. The summed E-state index contributed by atoms with van der Waals surface area (Å²) in [6.45, 7) is 11.4. The minimum Gasteiger partial charge on any atom is -0.360 e. The lowest BCUT2D eigenvalue weighted by atomic mass is 9.96. The lowest BCUT2D eigenvalue weighted by Gasteiger charge is -2.15. The van der Waals surface area contributed by atoms with Gasteiger partial charge >= 0.3 is 0 Å². The molecule has 6 aromatic rings. The van der Waals surface area contributed by atoms with E-state index in [2.05, 4.69) is 49.9 Å². The minimum absolute atomic E-state index is 0.0996. The molecule has 2 aromatic carbocycles. The van der Waals surface area contributed by atoms with Gasteiger partial charge in [-0.05, 0) is 30.2 Å². The van der Waals surface area contributed by atoms with Crippen LogP contribution in [0.15, 0.2) is 83.9 Å². The summed E-state index contributed by atoms with van der Waals surface area (Å²) in [5.41, 5.74) is 4.45. The number of thiazole rings is 1. The van der Waals surface area contributed by atoms with Crippen molar-refractivity contribution in [2.45, 2.75) is 58.3 Å². The summed E-state index contributed by atoms with van der Waals surface area (Å²) in [7, 11) is -1.15. The van der Waals surface area contributed by atoms with Crippen LogP contribution in [-0.4, -0.2) is 43.8 Å². The molecule has 0 saturated carbocycles. The summed E-state index contributed by atoms with van der Waals surface area (Å²) in [5.74, 6) is -0.140. The molecule has 0 saturated heterocycles. The van der Waals surface area contributed by atoms with Crippen LogP contribution in [0.1, 0.15) is 34.7 Å². The van der Waals surface area contributed by atoms with Crippen LogP contribution in [0.4, 0.5) is 0 Å². The van der Waals surface area contributed by atoms with Gasteiger partial charge in [0, 0.05) is 32.8 Å². The molecule has 42 heavy (non-hydrogen) atoms. The molecule has 0 aliphatic heterocycles. The van der Waals surface area contributed by atoms with Gasteiger partial charge in [0.1, 0.15) is 17.3 Å². The summed E-state index contributed by atoms with van der Waals surface area (Å²) < 4.78 is 12.4. The minimum atomic E-state index is -1.15. The molecule has 0 spiro atoms. The van der Waals surface area contributed by atoms with Crippen LogP contribution in [0, 0.1) is 0 Å². The van der Waals surface area contributed by atoms with Gasteiger partial charge in [0.25, 0.3) is 5.56 Å². The largest absolute Gasteiger partial charge is 0.360 e. The summed E-state index contributed by atoms with van der Waals surface area (Å²) in [5, 5.41) is 11.3. The van der Waals surface area contributed by atoms with E-state index in [0.29, 0.717) is 25.3 Å². The van der Waals surface area contributed by atoms with Gasteiger partial charge in [0.05, 0.1) is 29.1 Å². The third kappa shape index (κ3) is 5.74. The topological polar surface area (TPSA) is 79.8 Å². The van der Waals surface area contributed by atoms with Crippen molar-refractivity contribution in [1.82, 2.24) is 29.1 Å². The van der Waals surface area contributed by atoms with E-state index < -0.39 is 8.07 Å². The molecule has 0 fully saturated rings. The Bertz CT molecular complexity index is 1870. The average Bonchev–Trinajstić information content (AvgIpc) is 3.69.